The Bertz CT molecular complexity index is 584. The van der Waals surface area contributed by atoms with E-state index < -0.39 is 6.09 Å². The molecule has 1 amide bonds. The molecular formula is C14H16N2O3. The van der Waals surface area contributed by atoms with E-state index in [4.69, 9.17) is 5.73 Å². The lowest BCUT2D eigenvalue weighted by Crippen LogP contribution is -2.23. The number of carbonyl (C=O) groups excluding carboxylic acids is 1. The predicted molar refractivity (Wildman–Crippen MR) is 72.9 cm³/mol. The summed E-state index contributed by atoms with van der Waals surface area (Å²) >= 11 is 0. The van der Waals surface area contributed by atoms with Crippen molar-refractivity contribution in [1.29, 1.82) is 0 Å². The topological polar surface area (TPSA) is 84.6 Å². The molecule has 0 atom stereocenters. The molecule has 5 nitrogen and oxygen atoms in total. The minimum absolute atomic E-state index is 0.209. The van der Waals surface area contributed by atoms with Gasteiger partial charge in [-0.2, -0.15) is 0 Å². The standard InChI is InChI=1S/C14H16N2O3/c15-14(18)19-8-7-16-9-12-11-4-2-1-3-10(11)5-6-13(12)17/h1-6,16-17H,7-9H2,(H2,15,18). The van der Waals surface area contributed by atoms with Crippen molar-refractivity contribution in [1.82, 2.24) is 5.32 Å². The van der Waals surface area contributed by atoms with Gasteiger partial charge in [-0.05, 0) is 16.8 Å². The first-order chi connectivity index (χ1) is 9.18. The van der Waals surface area contributed by atoms with E-state index in [1.807, 2.05) is 30.3 Å². The van der Waals surface area contributed by atoms with Gasteiger partial charge in [-0.25, -0.2) is 4.79 Å². The van der Waals surface area contributed by atoms with Crippen LogP contribution in [-0.2, 0) is 11.3 Å². The lowest BCUT2D eigenvalue weighted by Gasteiger charge is -2.10. The minimum Gasteiger partial charge on any atom is -0.508 e. The summed E-state index contributed by atoms with van der Waals surface area (Å²) in [6.07, 6.45) is -0.783. The second kappa shape index (κ2) is 6.06. The number of aromatic hydroxyl groups is 1. The Kier molecular flexibility index (Phi) is 4.20. The fourth-order valence-corrected chi connectivity index (χ4v) is 1.95. The van der Waals surface area contributed by atoms with Crippen LogP contribution in [0.5, 0.6) is 5.75 Å². The lowest BCUT2D eigenvalue weighted by molar-refractivity contribution is 0.157. The number of fused-ring (bicyclic) bond motifs is 1. The van der Waals surface area contributed by atoms with Crippen LogP contribution in [0.25, 0.3) is 10.8 Å². The molecule has 19 heavy (non-hydrogen) atoms. The summed E-state index contributed by atoms with van der Waals surface area (Å²) in [5.74, 6) is 0.252. The molecule has 0 spiro atoms. The highest BCUT2D eigenvalue weighted by molar-refractivity contribution is 5.87. The third kappa shape index (κ3) is 3.35. The van der Waals surface area contributed by atoms with Crippen molar-refractivity contribution in [2.45, 2.75) is 6.54 Å². The highest BCUT2D eigenvalue weighted by Crippen LogP contribution is 2.26. The molecule has 0 unspecified atom stereocenters. The van der Waals surface area contributed by atoms with E-state index in [9.17, 15) is 9.90 Å². The molecule has 2 aromatic carbocycles. The number of hydrogen-bond donors (Lipinski definition) is 3. The summed E-state index contributed by atoms with van der Waals surface area (Å²) < 4.78 is 4.61. The van der Waals surface area contributed by atoms with E-state index in [2.05, 4.69) is 10.1 Å². The monoisotopic (exact) mass is 260 g/mol. The molecule has 5 heteroatoms. The van der Waals surface area contributed by atoms with Crippen molar-refractivity contribution in [3.8, 4) is 5.75 Å². The Morgan fingerprint density at radius 2 is 2.05 bits per heavy atom. The Morgan fingerprint density at radius 1 is 1.26 bits per heavy atom. The Morgan fingerprint density at radius 3 is 2.84 bits per heavy atom. The van der Waals surface area contributed by atoms with Crippen LogP contribution in [0.15, 0.2) is 36.4 Å². The van der Waals surface area contributed by atoms with Gasteiger partial charge in [-0.1, -0.05) is 30.3 Å². The zero-order chi connectivity index (χ0) is 13.7. The highest BCUT2D eigenvalue weighted by atomic mass is 16.5. The normalized spacial score (nSPS) is 10.5. The first-order valence-corrected chi connectivity index (χ1v) is 6.01. The predicted octanol–water partition coefficient (Wildman–Crippen LogP) is 1.73. The molecule has 2 aromatic rings. The van der Waals surface area contributed by atoms with Crippen LogP contribution in [0.1, 0.15) is 5.56 Å². The summed E-state index contributed by atoms with van der Waals surface area (Å²) in [6.45, 7) is 1.18. The molecule has 0 radical (unpaired) electrons. The van der Waals surface area contributed by atoms with Crippen molar-refractivity contribution in [3.05, 3.63) is 42.0 Å². The maximum absolute atomic E-state index is 10.4. The molecule has 0 aliphatic heterocycles. The Hall–Kier alpha value is -2.27. The number of carbonyl (C=O) groups is 1. The van der Waals surface area contributed by atoms with Gasteiger partial charge in [0.25, 0.3) is 0 Å². The molecule has 2 rings (SSSR count). The van der Waals surface area contributed by atoms with Crippen molar-refractivity contribution in [3.63, 3.8) is 0 Å². The van der Waals surface area contributed by atoms with Gasteiger partial charge in [-0.15, -0.1) is 0 Å². The van der Waals surface area contributed by atoms with E-state index in [1.165, 1.54) is 0 Å². The fourth-order valence-electron chi connectivity index (χ4n) is 1.95. The maximum Gasteiger partial charge on any atom is 0.404 e. The Balaban J connectivity index is 2.03. The number of amides is 1. The van der Waals surface area contributed by atoms with Crippen molar-refractivity contribution in [2.75, 3.05) is 13.2 Å². The molecule has 0 fully saturated rings. The SMILES string of the molecule is NC(=O)OCCNCc1c(O)ccc2ccccc12. The van der Waals surface area contributed by atoms with Gasteiger partial charge in [0.05, 0.1) is 0 Å². The van der Waals surface area contributed by atoms with Gasteiger partial charge in [0.15, 0.2) is 0 Å². The summed E-state index contributed by atoms with van der Waals surface area (Å²) in [4.78, 5) is 10.4. The second-order valence-corrected chi connectivity index (χ2v) is 4.13. The van der Waals surface area contributed by atoms with Crippen LogP contribution in [0, 0.1) is 0 Å². The van der Waals surface area contributed by atoms with Gasteiger partial charge >= 0.3 is 6.09 Å². The molecule has 0 saturated heterocycles. The van der Waals surface area contributed by atoms with Crippen LogP contribution in [0.4, 0.5) is 4.79 Å². The average Bonchev–Trinajstić information content (AvgIpc) is 2.40. The smallest absolute Gasteiger partial charge is 0.404 e. The number of hydrogen-bond acceptors (Lipinski definition) is 4. The molecule has 0 bridgehead atoms. The molecule has 0 heterocycles. The summed E-state index contributed by atoms with van der Waals surface area (Å²) in [5.41, 5.74) is 5.69. The number of phenolic OH excluding ortho intramolecular Hbond substituents is 1. The van der Waals surface area contributed by atoms with Gasteiger partial charge in [-0.3, -0.25) is 0 Å². The van der Waals surface area contributed by atoms with E-state index in [1.54, 1.807) is 6.07 Å². The summed E-state index contributed by atoms with van der Waals surface area (Å²) in [7, 11) is 0. The van der Waals surface area contributed by atoms with Gasteiger partial charge in [0, 0.05) is 18.7 Å². The van der Waals surface area contributed by atoms with Crippen molar-refractivity contribution >= 4 is 16.9 Å². The van der Waals surface area contributed by atoms with Crippen LogP contribution in [0.2, 0.25) is 0 Å². The van der Waals surface area contributed by atoms with E-state index in [0.29, 0.717) is 13.1 Å². The second-order valence-electron chi connectivity index (χ2n) is 4.13. The molecular weight excluding hydrogens is 244 g/mol. The number of rotatable bonds is 5. The third-order valence-electron chi connectivity index (χ3n) is 2.84. The number of benzene rings is 2. The molecule has 100 valence electrons. The molecule has 0 saturated carbocycles. The number of nitrogens with two attached hydrogens (primary N) is 1. The molecule has 0 aliphatic carbocycles. The Labute approximate surface area is 111 Å². The average molecular weight is 260 g/mol. The number of primary amides is 1. The third-order valence-corrected chi connectivity index (χ3v) is 2.84. The van der Waals surface area contributed by atoms with Crippen LogP contribution in [0.3, 0.4) is 0 Å². The van der Waals surface area contributed by atoms with Crippen LogP contribution >= 0.6 is 0 Å². The van der Waals surface area contributed by atoms with Crippen molar-refractivity contribution in [2.24, 2.45) is 5.73 Å². The quantitative estimate of drug-likeness (QED) is 0.715. The molecule has 4 N–H and O–H groups in total. The van der Waals surface area contributed by atoms with Crippen LogP contribution in [-0.4, -0.2) is 24.4 Å². The fraction of sp³-hybridized carbons (Fsp3) is 0.214. The van der Waals surface area contributed by atoms with Crippen LogP contribution < -0.4 is 11.1 Å². The molecule has 0 aromatic heterocycles. The first-order valence-electron chi connectivity index (χ1n) is 6.01. The summed E-state index contributed by atoms with van der Waals surface area (Å²) in [6, 6.07) is 11.4. The minimum atomic E-state index is -0.783. The van der Waals surface area contributed by atoms with Gasteiger partial charge in [0.2, 0.25) is 0 Å². The number of nitrogens with one attached hydrogen (secondary N) is 1. The van der Waals surface area contributed by atoms with Gasteiger partial charge in [0.1, 0.15) is 12.4 Å². The zero-order valence-corrected chi connectivity index (χ0v) is 10.4. The lowest BCUT2D eigenvalue weighted by atomic mass is 10.0. The van der Waals surface area contributed by atoms with E-state index >= 15 is 0 Å². The molecule has 0 aliphatic rings. The first kappa shape index (κ1) is 13.2. The maximum atomic E-state index is 10.4. The number of phenols is 1. The van der Waals surface area contributed by atoms with E-state index in [0.717, 1.165) is 16.3 Å². The van der Waals surface area contributed by atoms with Crippen molar-refractivity contribution < 1.29 is 14.6 Å². The van der Waals surface area contributed by atoms with E-state index in [-0.39, 0.29) is 12.4 Å². The largest absolute Gasteiger partial charge is 0.508 e. The summed E-state index contributed by atoms with van der Waals surface area (Å²) in [5, 5.41) is 15.1. The highest BCUT2D eigenvalue weighted by Gasteiger charge is 2.06. The number of ether oxygens (including phenoxy) is 1. The zero-order valence-electron chi connectivity index (χ0n) is 10.4. The van der Waals surface area contributed by atoms with Gasteiger partial charge < -0.3 is 20.9 Å².